The Kier molecular flexibility index (Phi) is 126. The third kappa shape index (κ3) is 161. The van der Waals surface area contributed by atoms with E-state index in [1.165, 1.54) is 19.2 Å². The average molecular weight is 1890 g/mol. The number of carbonyl (C=O) groups excluding carboxylic acids is 1. The SMILES string of the molecule is CC(C)CCC(O)CF.CC(C)CC[C@@H](C)O.CC(C)CC[C@H](C)O.CC(C)OCC(O)CF.CC(C)OCC(O)CF.CC(C)OCCF.CC(C)OC[C@@H](C)O.CC(C)OC[C@@H](O)CF.CC(C)OC[C@H](C)O.CC(C)OC[C@H](O)CF.CCOC(C)C.COC(=O)C(C)C.COC(C)C.Cc1ccc(S(=O)(=O)OCC(COC(C)C)OC2CCCCO2)cc1. The van der Waals surface area contributed by atoms with Crippen molar-refractivity contribution in [1.82, 2.24) is 0 Å². The number of carbonyl (C=O) groups is 1. The number of hydrogen-bond acceptors (Lipinski definition) is 26. The van der Waals surface area contributed by atoms with E-state index < -0.39 is 80.1 Å². The number of aliphatic hydroxyl groups is 9. The normalized spacial score (nSPS) is 14.6. The molecular weight excluding hydrogens is 1690 g/mol. The van der Waals surface area contributed by atoms with E-state index in [-0.39, 0.29) is 149 Å². The number of ether oxygens (including phenoxy) is 13. The Bertz CT molecular complexity index is 2130. The minimum atomic E-state index is -3.83. The molecule has 0 aliphatic carbocycles. The molecule has 26 nitrogen and oxygen atoms in total. The molecule has 1 saturated heterocycles. The van der Waals surface area contributed by atoms with Gasteiger partial charge in [0.15, 0.2) is 6.29 Å². The third-order valence-corrected chi connectivity index (χ3v) is 15.4. The highest BCUT2D eigenvalue weighted by atomic mass is 32.2. The fraction of sp³-hybridized carbons (Fsp3) is 0.926. The predicted molar refractivity (Wildman–Crippen MR) is 502 cm³/mol. The van der Waals surface area contributed by atoms with E-state index in [1.807, 2.05) is 166 Å². The maximum Gasteiger partial charge on any atom is 0.308 e. The van der Waals surface area contributed by atoms with Crippen LogP contribution in [-0.4, -0.2) is 316 Å². The van der Waals surface area contributed by atoms with E-state index in [0.29, 0.717) is 44.4 Å². The van der Waals surface area contributed by atoms with Crippen molar-refractivity contribution in [3.63, 3.8) is 0 Å². The fourth-order valence-electron chi connectivity index (χ4n) is 7.05. The number of benzene rings is 1. The first kappa shape index (κ1) is 150. The highest BCUT2D eigenvalue weighted by Crippen LogP contribution is 2.19. The summed E-state index contributed by atoms with van der Waals surface area (Å²) in [7, 11) is -0.738. The molecule has 11 atom stereocenters. The van der Waals surface area contributed by atoms with Crippen LogP contribution in [0, 0.1) is 30.6 Å². The highest BCUT2D eigenvalue weighted by molar-refractivity contribution is 7.86. The quantitative estimate of drug-likeness (QED) is 0.0166. The summed E-state index contributed by atoms with van der Waals surface area (Å²) in [4.78, 5) is 10.4. The molecule has 2 rings (SSSR count). The van der Waals surface area contributed by atoms with Crippen LogP contribution >= 0.6 is 0 Å². The molecule has 0 saturated carbocycles. The summed E-state index contributed by atoms with van der Waals surface area (Å²) >= 11 is 0. The molecule has 1 aliphatic heterocycles. The Hall–Kier alpha value is -2.66. The van der Waals surface area contributed by atoms with Crippen LogP contribution in [0.2, 0.25) is 0 Å². The molecule has 1 heterocycles. The molecule has 0 amide bonds. The number of methoxy groups -OCH3 is 2. The molecule has 1 fully saturated rings. The van der Waals surface area contributed by atoms with Crippen molar-refractivity contribution in [3.8, 4) is 0 Å². The predicted octanol–water partition coefficient (Wildman–Crippen LogP) is 17.6. The smallest absolute Gasteiger partial charge is 0.308 e. The van der Waals surface area contributed by atoms with Crippen LogP contribution in [0.1, 0.15) is 292 Å². The number of esters is 1. The first-order valence-corrected chi connectivity index (χ1v) is 47.0. The molecule has 0 bridgehead atoms. The molecule has 9 N–H and O–H groups in total. The summed E-state index contributed by atoms with van der Waals surface area (Å²) in [5.74, 6) is 1.87. The van der Waals surface area contributed by atoms with Gasteiger partial charge in [-0.25, -0.2) is 26.3 Å². The molecule has 127 heavy (non-hydrogen) atoms. The second kappa shape index (κ2) is 107. The van der Waals surface area contributed by atoms with Gasteiger partial charge in [-0.15, -0.1) is 0 Å². The van der Waals surface area contributed by atoms with Crippen molar-refractivity contribution in [1.29, 1.82) is 0 Å². The van der Waals surface area contributed by atoms with E-state index in [9.17, 15) is 39.6 Å². The van der Waals surface area contributed by atoms with Crippen molar-refractivity contribution in [2.75, 3.05) is 127 Å². The van der Waals surface area contributed by atoms with Gasteiger partial charge in [-0.05, 0) is 268 Å². The van der Waals surface area contributed by atoms with Crippen LogP contribution in [0.3, 0.4) is 0 Å². The summed E-state index contributed by atoms with van der Waals surface area (Å²) in [5.41, 5.74) is 0.986. The lowest BCUT2D eigenvalue weighted by atomic mass is 10.1. The summed E-state index contributed by atoms with van der Waals surface area (Å²) in [6.45, 7) is 64.8. The van der Waals surface area contributed by atoms with Gasteiger partial charge in [0, 0.05) is 20.3 Å². The summed E-state index contributed by atoms with van der Waals surface area (Å²) in [5, 5.41) is 78.1. The Morgan fingerprint density at radius 1 is 0.386 bits per heavy atom. The zero-order valence-corrected chi connectivity index (χ0v) is 87.1. The largest absolute Gasteiger partial charge is 0.469 e. The van der Waals surface area contributed by atoms with Crippen LogP contribution in [0.5, 0.6) is 0 Å². The van der Waals surface area contributed by atoms with Crippen molar-refractivity contribution in [2.24, 2.45) is 23.7 Å². The molecule has 1 aliphatic rings. The first-order valence-electron chi connectivity index (χ1n) is 45.6. The highest BCUT2D eigenvalue weighted by Gasteiger charge is 2.25. The van der Waals surface area contributed by atoms with E-state index in [1.54, 1.807) is 46.9 Å². The van der Waals surface area contributed by atoms with Gasteiger partial charge < -0.3 is 108 Å². The molecule has 33 heteroatoms. The van der Waals surface area contributed by atoms with Crippen molar-refractivity contribution >= 4 is 16.1 Å². The summed E-state index contributed by atoms with van der Waals surface area (Å²) < 4.78 is 164. The maximum absolute atomic E-state index is 12.3. The average Bonchev–Trinajstić information content (AvgIpc) is 0.841. The second-order valence-corrected chi connectivity index (χ2v) is 35.8. The number of rotatable bonds is 48. The number of halogens is 6. The molecule has 0 aromatic heterocycles. The lowest BCUT2D eigenvalue weighted by Gasteiger charge is -2.28. The molecule has 1 aromatic carbocycles. The van der Waals surface area contributed by atoms with E-state index in [4.69, 9.17) is 107 Å². The first-order chi connectivity index (χ1) is 58.7. The molecule has 778 valence electrons. The molecular formula is C94H198F6O26S. The Balaban J connectivity index is -0.000000115. The zero-order chi connectivity index (χ0) is 102. The fourth-order valence-corrected chi connectivity index (χ4v) is 7.99. The van der Waals surface area contributed by atoms with Crippen molar-refractivity contribution in [2.45, 2.75) is 426 Å². The van der Waals surface area contributed by atoms with Crippen molar-refractivity contribution in [3.05, 3.63) is 29.8 Å². The Morgan fingerprint density at radius 2 is 0.685 bits per heavy atom. The number of aryl methyl sites for hydroxylation is 1. The van der Waals surface area contributed by atoms with Gasteiger partial charge >= 0.3 is 5.97 Å². The van der Waals surface area contributed by atoms with Crippen molar-refractivity contribution < 1.29 is 151 Å². The monoisotopic (exact) mass is 1890 g/mol. The number of aliphatic hydroxyl groups excluding tert-OH is 9. The topological polar surface area (TPSA) is 362 Å². The molecule has 0 spiro atoms. The minimum Gasteiger partial charge on any atom is -0.469 e. The van der Waals surface area contributed by atoms with Gasteiger partial charge in [-0.3, -0.25) is 8.98 Å². The summed E-state index contributed by atoms with van der Waals surface area (Å²) in [6.07, 6.45) is 3.89. The van der Waals surface area contributed by atoms with Crippen LogP contribution in [0.25, 0.3) is 0 Å². The van der Waals surface area contributed by atoms with Crippen LogP contribution in [-0.2, 0) is 80.7 Å². The van der Waals surface area contributed by atoms with Gasteiger partial charge in [0.1, 0.15) is 70.6 Å². The maximum atomic E-state index is 12.3. The second-order valence-electron chi connectivity index (χ2n) is 34.2. The van der Waals surface area contributed by atoms with Gasteiger partial charge in [0.05, 0.1) is 169 Å². The van der Waals surface area contributed by atoms with Gasteiger partial charge in [0.2, 0.25) is 0 Å². The number of hydrogen-bond donors (Lipinski definition) is 9. The Morgan fingerprint density at radius 3 is 0.874 bits per heavy atom. The Labute approximate surface area is 770 Å². The van der Waals surface area contributed by atoms with Crippen LogP contribution in [0.4, 0.5) is 26.3 Å². The summed E-state index contributed by atoms with van der Waals surface area (Å²) in [6, 6.07) is 6.55. The van der Waals surface area contributed by atoms with Gasteiger partial charge in [0.25, 0.3) is 10.1 Å². The number of alkyl halides is 6. The van der Waals surface area contributed by atoms with Gasteiger partial charge in [-0.2, -0.15) is 8.42 Å². The third-order valence-electron chi connectivity index (χ3n) is 14.1. The molecule has 0 radical (unpaired) electrons. The zero-order valence-electron chi connectivity index (χ0n) is 86.3. The minimum absolute atomic E-state index is 0.00463. The lowest BCUT2D eigenvalue weighted by Crippen LogP contribution is -2.35. The van der Waals surface area contributed by atoms with Gasteiger partial charge in [-0.1, -0.05) is 73.1 Å². The van der Waals surface area contributed by atoms with E-state index >= 15 is 0 Å². The van der Waals surface area contributed by atoms with Crippen LogP contribution in [0.15, 0.2) is 29.2 Å². The van der Waals surface area contributed by atoms with E-state index in [0.717, 1.165) is 75.4 Å². The van der Waals surface area contributed by atoms with E-state index in [2.05, 4.69) is 46.3 Å². The van der Waals surface area contributed by atoms with Crippen LogP contribution < -0.4 is 0 Å². The molecule has 1 aromatic rings. The lowest BCUT2D eigenvalue weighted by molar-refractivity contribution is -0.204. The molecule has 5 unspecified atom stereocenters. The standard InChI is InChI=1S/C18H28O6S.C7H15FO.2C7H16O.4C6H13FO2.2C6H14O2.C5H11FO.C5H10O2.C5H12O.C4H10O/c1-14(2)22-12-16(24-18-6-4-5-11-21-18)13-23-25(19,20)17-9-7-15(3)8-10-17;1-6(2)3-4-7(9)5-8;2*1-6(2)4-5-7(3)8;4*1-5(2)9-4-6(8)3-7;2*1-5(2)8-4-6(3)7;1-5(2)7-4-3-6;1-4(2)5(6)7-3;1-4-6-5(2)3;1-4(2)5-3/h7-10,14,16,18H,4-6,11-13H2,1-3H3;6-7,9H,3-5H2,1-2H3;2*6-8H,4-5H2,1-3H3;4*5-6,8H,3-4H2,1-2H3;2*5-7H,4H2,1-3H3;5H,3-4H2,1-2H3;4H,1-3H3;5H,4H2,1-3H3;4H,1-3H3/t;;2*7-;2*6-;;;2*6-;;;;/m..1010..10..../s1.